The summed E-state index contributed by atoms with van der Waals surface area (Å²) in [4.78, 5) is 11.1. The molecule has 3 N–H and O–H groups in total. The number of fused-ring (bicyclic) bond motifs is 3. The Hall–Kier alpha value is -2.80. The maximum absolute atomic E-state index is 11.5. The first-order valence-electron chi connectivity index (χ1n) is 8.70. The van der Waals surface area contributed by atoms with E-state index in [0.717, 1.165) is 29.5 Å². The van der Waals surface area contributed by atoms with Crippen molar-refractivity contribution in [2.45, 2.75) is 18.4 Å². The van der Waals surface area contributed by atoms with E-state index >= 15 is 0 Å². The summed E-state index contributed by atoms with van der Waals surface area (Å²) in [6.07, 6.45) is 6.38. The summed E-state index contributed by atoms with van der Waals surface area (Å²) in [5, 5.41) is 12.7. The molecule has 4 rings (SSSR count). The molecule has 3 atom stereocenters. The number of allylic oxidation sites excluding steroid dienone is 2. The number of carbonyl (C=O) groups is 1. The molecule has 140 valence electrons. The number of nitrogens with one attached hydrogen (secondary N) is 2. The van der Waals surface area contributed by atoms with Gasteiger partial charge in [0.05, 0.1) is 17.9 Å². The fraction of sp³-hybridized carbons (Fsp3) is 0.250. The molecule has 1 aliphatic heterocycles. The van der Waals surface area contributed by atoms with Gasteiger partial charge in [-0.25, -0.2) is 13.2 Å². The van der Waals surface area contributed by atoms with E-state index in [4.69, 9.17) is 5.11 Å². The topological polar surface area (TPSA) is 95.5 Å². The van der Waals surface area contributed by atoms with Gasteiger partial charge in [0.25, 0.3) is 0 Å². The summed E-state index contributed by atoms with van der Waals surface area (Å²) < 4.78 is 25.6. The summed E-state index contributed by atoms with van der Waals surface area (Å²) in [7, 11) is -3.33. The molecule has 7 heteroatoms. The van der Waals surface area contributed by atoms with Gasteiger partial charge in [0.15, 0.2) is 0 Å². The second kappa shape index (κ2) is 6.42. The van der Waals surface area contributed by atoms with E-state index < -0.39 is 16.0 Å². The van der Waals surface area contributed by atoms with Gasteiger partial charge in [0, 0.05) is 17.3 Å². The quantitative estimate of drug-likeness (QED) is 0.700. The first kappa shape index (κ1) is 17.6. The van der Waals surface area contributed by atoms with Gasteiger partial charge in [0.1, 0.15) is 0 Å². The highest BCUT2D eigenvalue weighted by Crippen LogP contribution is 2.50. The third-order valence-electron chi connectivity index (χ3n) is 5.18. The molecular formula is C20H20N2O4S. The minimum Gasteiger partial charge on any atom is -0.478 e. The van der Waals surface area contributed by atoms with Crippen LogP contribution < -0.4 is 10.0 Å². The van der Waals surface area contributed by atoms with Crippen LogP contribution >= 0.6 is 0 Å². The van der Waals surface area contributed by atoms with Crippen molar-refractivity contribution in [3.05, 3.63) is 71.3 Å². The van der Waals surface area contributed by atoms with Crippen molar-refractivity contribution in [2.75, 3.05) is 16.3 Å². The molecule has 0 spiro atoms. The van der Waals surface area contributed by atoms with Crippen LogP contribution in [-0.2, 0) is 10.0 Å². The van der Waals surface area contributed by atoms with Gasteiger partial charge in [-0.3, -0.25) is 4.72 Å². The fourth-order valence-corrected chi connectivity index (χ4v) is 4.59. The Morgan fingerprint density at radius 2 is 1.93 bits per heavy atom. The summed E-state index contributed by atoms with van der Waals surface area (Å²) in [5.41, 5.74) is 3.91. The van der Waals surface area contributed by atoms with Crippen LogP contribution in [0.2, 0.25) is 0 Å². The second-order valence-electron chi connectivity index (χ2n) is 7.08. The zero-order valence-electron chi connectivity index (χ0n) is 14.7. The number of rotatable bonds is 4. The lowest BCUT2D eigenvalue weighted by Gasteiger charge is -2.37. The number of anilines is 2. The summed E-state index contributed by atoms with van der Waals surface area (Å²) >= 11 is 0. The lowest BCUT2D eigenvalue weighted by Crippen LogP contribution is -2.29. The van der Waals surface area contributed by atoms with E-state index in [1.165, 1.54) is 0 Å². The first-order chi connectivity index (χ1) is 12.8. The van der Waals surface area contributed by atoms with Crippen LogP contribution in [0.4, 0.5) is 11.4 Å². The third-order valence-corrected chi connectivity index (χ3v) is 5.79. The van der Waals surface area contributed by atoms with Crippen LogP contribution in [0.1, 0.15) is 39.9 Å². The van der Waals surface area contributed by atoms with Crippen molar-refractivity contribution in [3.63, 3.8) is 0 Å². The van der Waals surface area contributed by atoms with Crippen molar-refractivity contribution in [3.8, 4) is 0 Å². The number of sulfonamides is 1. The Kier molecular flexibility index (Phi) is 4.19. The number of hydrogen-bond donors (Lipinski definition) is 3. The highest BCUT2D eigenvalue weighted by atomic mass is 32.2. The maximum atomic E-state index is 11.5. The average molecular weight is 384 g/mol. The van der Waals surface area contributed by atoms with Crippen molar-refractivity contribution in [1.29, 1.82) is 0 Å². The van der Waals surface area contributed by atoms with Crippen molar-refractivity contribution in [2.24, 2.45) is 5.92 Å². The zero-order chi connectivity index (χ0) is 19.2. The SMILES string of the molecule is CS(=O)(=O)Nc1ccc2c(c1)[C@@H]1C=CC[C@@H]1[C@H](c1ccc(C(=O)O)cc1)N2. The first-order valence-corrected chi connectivity index (χ1v) is 10.6. The van der Waals surface area contributed by atoms with Crippen LogP contribution in [0.25, 0.3) is 0 Å². The molecule has 2 aliphatic rings. The molecule has 0 bridgehead atoms. The Bertz CT molecular complexity index is 1030. The number of carboxylic acids is 1. The molecule has 0 unspecified atom stereocenters. The maximum Gasteiger partial charge on any atom is 0.335 e. The molecular weight excluding hydrogens is 364 g/mol. The minimum atomic E-state index is -3.33. The van der Waals surface area contributed by atoms with Crippen molar-refractivity contribution < 1.29 is 18.3 Å². The molecule has 2 aromatic rings. The van der Waals surface area contributed by atoms with E-state index in [9.17, 15) is 13.2 Å². The van der Waals surface area contributed by atoms with E-state index in [1.54, 1.807) is 18.2 Å². The van der Waals surface area contributed by atoms with Gasteiger partial charge < -0.3 is 10.4 Å². The van der Waals surface area contributed by atoms with Gasteiger partial charge in [-0.15, -0.1) is 0 Å². The summed E-state index contributed by atoms with van der Waals surface area (Å²) in [6.45, 7) is 0. The molecule has 1 aliphatic carbocycles. The standard InChI is InChI=1S/C20H20N2O4S/c1-27(25,26)22-14-9-10-18-17(11-14)15-3-2-4-16(15)19(21-18)12-5-7-13(8-6-12)20(23)24/h2-3,5-11,15-16,19,21-22H,4H2,1H3,(H,23,24)/t15-,16+,19+/m1/s1. The zero-order valence-corrected chi connectivity index (χ0v) is 15.5. The normalized spacial score (nSPS) is 23.2. The largest absolute Gasteiger partial charge is 0.478 e. The van der Waals surface area contributed by atoms with Gasteiger partial charge in [-0.1, -0.05) is 24.3 Å². The van der Waals surface area contributed by atoms with E-state index in [0.29, 0.717) is 11.6 Å². The molecule has 0 radical (unpaired) electrons. The molecule has 0 aromatic heterocycles. The van der Waals surface area contributed by atoms with Crippen molar-refractivity contribution in [1.82, 2.24) is 0 Å². The Labute approximate surface area is 158 Å². The molecule has 0 fully saturated rings. The average Bonchev–Trinajstić information content (AvgIpc) is 3.10. The molecule has 2 aromatic carbocycles. The lowest BCUT2D eigenvalue weighted by molar-refractivity contribution is 0.0697. The summed E-state index contributed by atoms with van der Waals surface area (Å²) in [6, 6.07) is 12.6. The van der Waals surface area contributed by atoms with E-state index in [2.05, 4.69) is 22.2 Å². The minimum absolute atomic E-state index is 0.0639. The van der Waals surface area contributed by atoms with Crippen LogP contribution in [0.5, 0.6) is 0 Å². The van der Waals surface area contributed by atoms with E-state index in [-0.39, 0.29) is 17.5 Å². The smallest absolute Gasteiger partial charge is 0.335 e. The van der Waals surface area contributed by atoms with Crippen LogP contribution in [0, 0.1) is 5.92 Å². The van der Waals surface area contributed by atoms with Crippen LogP contribution in [-0.4, -0.2) is 25.7 Å². The van der Waals surface area contributed by atoms with Crippen LogP contribution in [0.3, 0.4) is 0 Å². The van der Waals surface area contributed by atoms with Gasteiger partial charge in [-0.2, -0.15) is 0 Å². The molecule has 0 saturated carbocycles. The molecule has 6 nitrogen and oxygen atoms in total. The van der Waals surface area contributed by atoms with Crippen molar-refractivity contribution >= 4 is 27.4 Å². The highest BCUT2D eigenvalue weighted by molar-refractivity contribution is 7.92. The van der Waals surface area contributed by atoms with Gasteiger partial charge in [0.2, 0.25) is 10.0 Å². The van der Waals surface area contributed by atoms with E-state index in [1.807, 2.05) is 24.3 Å². The number of aromatic carboxylic acids is 1. The number of benzene rings is 2. The molecule has 0 saturated heterocycles. The number of hydrogen-bond acceptors (Lipinski definition) is 4. The third kappa shape index (κ3) is 3.42. The molecule has 0 amide bonds. The van der Waals surface area contributed by atoms with Gasteiger partial charge in [-0.05, 0) is 53.8 Å². The predicted octanol–water partition coefficient (Wildman–Crippen LogP) is 3.58. The fourth-order valence-electron chi connectivity index (χ4n) is 4.04. The molecule has 27 heavy (non-hydrogen) atoms. The Morgan fingerprint density at radius 1 is 1.19 bits per heavy atom. The van der Waals surface area contributed by atoms with Gasteiger partial charge >= 0.3 is 5.97 Å². The Balaban J connectivity index is 1.69. The second-order valence-corrected chi connectivity index (χ2v) is 8.83. The summed E-state index contributed by atoms with van der Waals surface area (Å²) in [5.74, 6) is -0.455. The predicted molar refractivity (Wildman–Crippen MR) is 105 cm³/mol. The number of carboxylic acid groups (broad SMARTS) is 1. The molecule has 1 heterocycles. The highest BCUT2D eigenvalue weighted by Gasteiger charge is 2.38. The van der Waals surface area contributed by atoms with Crippen LogP contribution in [0.15, 0.2) is 54.6 Å². The Morgan fingerprint density at radius 3 is 2.59 bits per heavy atom. The lowest BCUT2D eigenvalue weighted by atomic mass is 9.77. The monoisotopic (exact) mass is 384 g/mol.